The number of carbonyl (C=O) groups excluding carboxylic acids is 2. The Morgan fingerprint density at radius 1 is 1.08 bits per heavy atom. The van der Waals surface area contributed by atoms with Crippen LogP contribution in [0.5, 0.6) is 11.5 Å². The van der Waals surface area contributed by atoms with E-state index >= 15 is 0 Å². The minimum atomic E-state index is -4.04. The van der Waals surface area contributed by atoms with Crippen LogP contribution < -0.4 is 20.1 Å². The summed E-state index contributed by atoms with van der Waals surface area (Å²) in [6, 6.07) is 9.76. The topological polar surface area (TPSA) is 166 Å². The Morgan fingerprint density at radius 2 is 1.75 bits per heavy atom. The fraction of sp³-hybridized carbons (Fsp3) is 0.364. The van der Waals surface area contributed by atoms with Crippen molar-refractivity contribution in [3.05, 3.63) is 58.1 Å². The van der Waals surface area contributed by atoms with E-state index in [0.29, 0.717) is 17.9 Å². The summed E-state index contributed by atoms with van der Waals surface area (Å²) in [6.45, 7) is 0.0398. The van der Waals surface area contributed by atoms with Gasteiger partial charge in [-0.3, -0.25) is 19.7 Å². The molecular formula is C22H26N4O9S. The smallest absolute Gasteiger partial charge is 0.309 e. The normalized spacial score (nSPS) is 15.8. The fourth-order valence-electron chi connectivity index (χ4n) is 3.51. The van der Waals surface area contributed by atoms with Crippen molar-refractivity contribution in [2.75, 3.05) is 40.5 Å². The first-order valence-electron chi connectivity index (χ1n) is 10.8. The van der Waals surface area contributed by atoms with E-state index in [4.69, 9.17) is 14.2 Å². The molecule has 0 radical (unpaired) electrons. The molecule has 2 N–H and O–H groups in total. The van der Waals surface area contributed by atoms with Crippen LogP contribution in [0.1, 0.15) is 5.56 Å². The Hall–Kier alpha value is -3.75. The number of nitrogens with zero attached hydrogens (tertiary/aromatic N) is 2. The van der Waals surface area contributed by atoms with Crippen LogP contribution in [0.25, 0.3) is 0 Å². The van der Waals surface area contributed by atoms with Crippen LogP contribution in [-0.2, 0) is 30.8 Å². The largest absolute Gasteiger partial charge is 0.493 e. The maximum absolute atomic E-state index is 12.9. The second-order valence-electron chi connectivity index (χ2n) is 7.60. The van der Waals surface area contributed by atoms with E-state index in [1.807, 2.05) is 6.07 Å². The van der Waals surface area contributed by atoms with Crippen molar-refractivity contribution in [2.45, 2.75) is 17.5 Å². The summed E-state index contributed by atoms with van der Waals surface area (Å²) in [7, 11) is -1.00. The minimum Gasteiger partial charge on any atom is -0.493 e. The van der Waals surface area contributed by atoms with Gasteiger partial charge >= 0.3 is 11.8 Å². The van der Waals surface area contributed by atoms with Crippen LogP contribution in [0.4, 0.5) is 5.69 Å². The molecule has 0 spiro atoms. The quantitative estimate of drug-likeness (QED) is 0.256. The van der Waals surface area contributed by atoms with E-state index in [0.717, 1.165) is 34.1 Å². The number of carbonyl (C=O) groups is 2. The van der Waals surface area contributed by atoms with Gasteiger partial charge in [-0.1, -0.05) is 6.07 Å². The van der Waals surface area contributed by atoms with E-state index < -0.39 is 33.0 Å². The Bertz CT molecular complexity index is 1220. The predicted molar refractivity (Wildman–Crippen MR) is 126 cm³/mol. The molecule has 1 saturated heterocycles. The molecule has 1 aliphatic heterocycles. The van der Waals surface area contributed by atoms with Gasteiger partial charge in [-0.05, 0) is 36.2 Å². The number of nitro groups is 1. The van der Waals surface area contributed by atoms with Crippen molar-refractivity contribution in [1.82, 2.24) is 14.9 Å². The van der Waals surface area contributed by atoms with Gasteiger partial charge in [-0.25, -0.2) is 8.42 Å². The number of non-ortho nitro benzene ring substituents is 1. The maximum atomic E-state index is 12.9. The van der Waals surface area contributed by atoms with E-state index in [-0.39, 0.29) is 36.8 Å². The molecule has 1 fully saturated rings. The molecule has 2 aromatic carbocycles. The average molecular weight is 523 g/mol. The second kappa shape index (κ2) is 11.8. The second-order valence-corrected chi connectivity index (χ2v) is 9.49. The van der Waals surface area contributed by atoms with Crippen LogP contribution >= 0.6 is 0 Å². The number of benzene rings is 2. The number of methoxy groups -OCH3 is 2. The van der Waals surface area contributed by atoms with Gasteiger partial charge in [-0.2, -0.15) is 4.31 Å². The molecule has 0 unspecified atom stereocenters. The van der Waals surface area contributed by atoms with Gasteiger partial charge in [0, 0.05) is 25.2 Å². The Morgan fingerprint density at radius 3 is 2.39 bits per heavy atom. The lowest BCUT2D eigenvalue weighted by Crippen LogP contribution is -2.47. The maximum Gasteiger partial charge on any atom is 0.309 e. The highest BCUT2D eigenvalue weighted by Crippen LogP contribution is 2.27. The summed E-state index contributed by atoms with van der Waals surface area (Å²) in [4.78, 5) is 34.4. The zero-order valence-corrected chi connectivity index (χ0v) is 20.4. The van der Waals surface area contributed by atoms with Gasteiger partial charge in [0.1, 0.15) is 6.23 Å². The van der Waals surface area contributed by atoms with Crippen LogP contribution in [0.2, 0.25) is 0 Å². The van der Waals surface area contributed by atoms with Crippen molar-refractivity contribution in [2.24, 2.45) is 0 Å². The van der Waals surface area contributed by atoms with Crippen molar-refractivity contribution in [3.8, 4) is 11.5 Å². The summed E-state index contributed by atoms with van der Waals surface area (Å²) >= 11 is 0. The SMILES string of the molecule is COc1ccc(CCNC(=O)C(=O)NC[C@H]2OCCN2S(=O)(=O)c2ccc([N+](=O)[O-])cc2)cc1OC. The third kappa shape index (κ3) is 6.27. The first-order valence-corrected chi connectivity index (χ1v) is 12.3. The number of hydrogen-bond acceptors (Lipinski definition) is 9. The highest BCUT2D eigenvalue weighted by molar-refractivity contribution is 7.89. The minimum absolute atomic E-state index is 0.0252. The molecule has 14 heteroatoms. The summed E-state index contributed by atoms with van der Waals surface area (Å²) in [6.07, 6.45) is -0.597. The average Bonchev–Trinajstić information content (AvgIpc) is 3.36. The molecule has 2 aromatic rings. The van der Waals surface area contributed by atoms with Crippen molar-refractivity contribution < 1.29 is 37.1 Å². The van der Waals surface area contributed by atoms with Crippen LogP contribution in [0, 0.1) is 10.1 Å². The summed E-state index contributed by atoms with van der Waals surface area (Å²) in [5, 5.41) is 15.7. The van der Waals surface area contributed by atoms with E-state index in [1.54, 1.807) is 12.1 Å². The highest BCUT2D eigenvalue weighted by atomic mass is 32.2. The Labute approximate surface area is 207 Å². The number of nitro benzene ring substituents is 1. The number of sulfonamides is 1. The summed E-state index contributed by atoms with van der Waals surface area (Å²) < 4.78 is 42.7. The van der Waals surface area contributed by atoms with E-state index in [2.05, 4.69) is 10.6 Å². The van der Waals surface area contributed by atoms with Crippen LogP contribution in [0.3, 0.4) is 0 Å². The molecule has 13 nitrogen and oxygen atoms in total. The lowest BCUT2D eigenvalue weighted by atomic mass is 10.1. The van der Waals surface area contributed by atoms with E-state index in [1.165, 1.54) is 14.2 Å². The first-order chi connectivity index (χ1) is 17.2. The van der Waals surface area contributed by atoms with Gasteiger partial charge in [0.25, 0.3) is 5.69 Å². The van der Waals surface area contributed by atoms with Crippen LogP contribution in [0.15, 0.2) is 47.4 Å². The Balaban J connectivity index is 1.51. The van der Waals surface area contributed by atoms with E-state index in [9.17, 15) is 28.1 Å². The number of rotatable bonds is 10. The standard InChI is InChI=1S/C22H26N4O9S/c1-33-18-8-3-15(13-19(18)34-2)9-10-23-21(27)22(28)24-14-20-25(11-12-35-20)36(31,32)17-6-4-16(5-7-17)26(29)30/h3-8,13,20H,9-12,14H2,1-2H3,(H,23,27)(H,24,28)/t20-/m1/s1. The lowest BCUT2D eigenvalue weighted by Gasteiger charge is -2.22. The summed E-state index contributed by atoms with van der Waals surface area (Å²) in [5.74, 6) is -0.698. The van der Waals surface area contributed by atoms with Gasteiger partial charge in [0.15, 0.2) is 11.5 Å². The molecule has 0 aliphatic carbocycles. The highest BCUT2D eigenvalue weighted by Gasteiger charge is 2.37. The zero-order valence-electron chi connectivity index (χ0n) is 19.6. The molecule has 1 heterocycles. The number of hydrogen-bond donors (Lipinski definition) is 2. The molecular weight excluding hydrogens is 496 g/mol. The van der Waals surface area contributed by atoms with Crippen molar-refractivity contribution >= 4 is 27.5 Å². The van der Waals surface area contributed by atoms with Gasteiger partial charge in [0.2, 0.25) is 10.0 Å². The van der Waals surface area contributed by atoms with Gasteiger partial charge < -0.3 is 24.8 Å². The molecule has 3 rings (SSSR count). The molecule has 194 valence electrons. The molecule has 0 bridgehead atoms. The summed E-state index contributed by atoms with van der Waals surface area (Å²) in [5.41, 5.74) is 0.618. The monoisotopic (exact) mass is 522 g/mol. The number of ether oxygens (including phenoxy) is 3. The van der Waals surface area contributed by atoms with Crippen LogP contribution in [-0.4, -0.2) is 76.1 Å². The number of nitrogens with one attached hydrogen (secondary N) is 2. The molecule has 2 amide bonds. The molecule has 0 aromatic heterocycles. The zero-order chi connectivity index (χ0) is 26.3. The predicted octanol–water partition coefficient (Wildman–Crippen LogP) is 0.434. The molecule has 36 heavy (non-hydrogen) atoms. The van der Waals surface area contributed by atoms with Gasteiger partial charge in [-0.15, -0.1) is 0 Å². The Kier molecular flexibility index (Phi) is 8.79. The third-order valence-corrected chi connectivity index (χ3v) is 7.29. The molecule has 1 atom stereocenters. The number of amides is 2. The molecule has 0 saturated carbocycles. The first kappa shape index (κ1) is 26.8. The van der Waals surface area contributed by atoms with Gasteiger partial charge in [0.05, 0.1) is 37.2 Å². The molecule has 1 aliphatic rings. The fourth-order valence-corrected chi connectivity index (χ4v) is 5.02. The van der Waals surface area contributed by atoms with Crippen molar-refractivity contribution in [3.63, 3.8) is 0 Å². The van der Waals surface area contributed by atoms with Crippen molar-refractivity contribution in [1.29, 1.82) is 0 Å². The third-order valence-electron chi connectivity index (χ3n) is 5.39. The lowest BCUT2D eigenvalue weighted by molar-refractivity contribution is -0.384.